The number of hydrogen-bond donors (Lipinski definition) is 2. The van der Waals surface area contributed by atoms with Crippen molar-refractivity contribution in [1.29, 1.82) is 0 Å². The van der Waals surface area contributed by atoms with Gasteiger partial charge in [-0.1, -0.05) is 53.6 Å². The summed E-state index contributed by atoms with van der Waals surface area (Å²) in [5.74, 6) is -0.418. The minimum absolute atomic E-state index is 0.110. The van der Waals surface area contributed by atoms with Gasteiger partial charge in [-0.15, -0.1) is 0 Å². The molecule has 4 amide bonds. The first kappa shape index (κ1) is 20.4. The average Bonchev–Trinajstić information content (AvgIpc) is 3.53. The molecule has 2 fully saturated rings. The molecule has 0 aromatic heterocycles. The van der Waals surface area contributed by atoms with Crippen LogP contribution in [0.2, 0.25) is 5.02 Å². The summed E-state index contributed by atoms with van der Waals surface area (Å²) in [6.45, 7) is 3.33. The first-order chi connectivity index (χ1) is 14.3. The Morgan fingerprint density at radius 1 is 1.17 bits per heavy atom. The van der Waals surface area contributed by atoms with Crippen LogP contribution in [0.5, 0.6) is 0 Å². The highest BCUT2D eigenvalue weighted by atomic mass is 35.5. The van der Waals surface area contributed by atoms with E-state index in [0.29, 0.717) is 16.5 Å². The number of nitrogens with one attached hydrogen (secondary N) is 2. The third kappa shape index (κ3) is 3.92. The Morgan fingerprint density at radius 2 is 1.80 bits per heavy atom. The van der Waals surface area contributed by atoms with Crippen molar-refractivity contribution in [3.05, 3.63) is 70.2 Å². The van der Waals surface area contributed by atoms with Crippen LogP contribution in [0.25, 0.3) is 0 Å². The van der Waals surface area contributed by atoms with E-state index in [1.54, 1.807) is 31.2 Å². The van der Waals surface area contributed by atoms with E-state index in [4.69, 9.17) is 11.6 Å². The Kier molecular flexibility index (Phi) is 5.28. The molecule has 2 aromatic carbocycles. The van der Waals surface area contributed by atoms with E-state index in [9.17, 15) is 14.4 Å². The van der Waals surface area contributed by atoms with Gasteiger partial charge < -0.3 is 10.6 Å². The van der Waals surface area contributed by atoms with Gasteiger partial charge in [0.15, 0.2) is 0 Å². The third-order valence-electron chi connectivity index (χ3n) is 5.84. The molecule has 2 N–H and O–H groups in total. The molecule has 0 radical (unpaired) electrons. The van der Waals surface area contributed by atoms with Crippen molar-refractivity contribution in [3.63, 3.8) is 0 Å². The zero-order chi connectivity index (χ0) is 21.5. The quantitative estimate of drug-likeness (QED) is 0.693. The molecule has 2 atom stereocenters. The minimum Gasteiger partial charge on any atom is -0.347 e. The minimum atomic E-state index is -1.23. The Morgan fingerprint density at radius 3 is 2.40 bits per heavy atom. The Bertz CT molecular complexity index is 986. The fourth-order valence-electron chi connectivity index (χ4n) is 3.86. The monoisotopic (exact) mass is 425 g/mol. The summed E-state index contributed by atoms with van der Waals surface area (Å²) >= 11 is 5.93. The number of nitrogens with zero attached hydrogens (tertiary/aromatic N) is 1. The van der Waals surface area contributed by atoms with E-state index in [0.717, 1.165) is 28.9 Å². The van der Waals surface area contributed by atoms with Gasteiger partial charge in [0.25, 0.3) is 5.91 Å². The standard InChI is InChI=1S/C23H24ClN3O3/c1-14-3-5-15(6-4-14)20(16-7-8-16)25-19(28)13-27-21(29)23(2,26-22(27)30)17-9-11-18(24)12-10-17/h3-6,9-12,16,20H,7-8,13H2,1-2H3,(H,25,28)(H,26,30). The highest BCUT2D eigenvalue weighted by Crippen LogP contribution is 2.41. The number of urea groups is 1. The predicted molar refractivity (Wildman–Crippen MR) is 114 cm³/mol. The predicted octanol–water partition coefficient (Wildman–Crippen LogP) is 3.68. The van der Waals surface area contributed by atoms with E-state index >= 15 is 0 Å². The lowest BCUT2D eigenvalue weighted by Crippen LogP contribution is -2.44. The van der Waals surface area contributed by atoms with Gasteiger partial charge in [-0.25, -0.2) is 4.79 Å². The van der Waals surface area contributed by atoms with Crippen molar-refractivity contribution in [2.24, 2.45) is 5.92 Å². The maximum Gasteiger partial charge on any atom is 0.325 e. The molecule has 1 aliphatic carbocycles. The molecule has 2 aliphatic rings. The lowest BCUT2D eigenvalue weighted by atomic mass is 9.92. The number of rotatable bonds is 6. The Balaban J connectivity index is 1.47. The summed E-state index contributed by atoms with van der Waals surface area (Å²) in [5.41, 5.74) is 1.58. The Labute approximate surface area is 180 Å². The summed E-state index contributed by atoms with van der Waals surface area (Å²) in [5, 5.41) is 6.28. The van der Waals surface area contributed by atoms with Gasteiger partial charge in [0, 0.05) is 5.02 Å². The molecular formula is C23H24ClN3O3. The fourth-order valence-corrected chi connectivity index (χ4v) is 3.98. The summed E-state index contributed by atoms with van der Waals surface area (Å²) < 4.78 is 0. The molecule has 1 aliphatic heterocycles. The lowest BCUT2D eigenvalue weighted by Gasteiger charge is -2.23. The molecule has 2 unspecified atom stereocenters. The molecule has 30 heavy (non-hydrogen) atoms. The molecule has 1 saturated carbocycles. The summed E-state index contributed by atoms with van der Waals surface area (Å²) in [6.07, 6.45) is 2.10. The smallest absolute Gasteiger partial charge is 0.325 e. The van der Waals surface area contributed by atoms with Crippen molar-refractivity contribution in [2.75, 3.05) is 6.54 Å². The van der Waals surface area contributed by atoms with Gasteiger partial charge in [0.1, 0.15) is 12.1 Å². The van der Waals surface area contributed by atoms with E-state index in [2.05, 4.69) is 10.6 Å². The van der Waals surface area contributed by atoms with Crippen LogP contribution in [0.15, 0.2) is 48.5 Å². The second-order valence-electron chi connectivity index (χ2n) is 8.25. The van der Waals surface area contributed by atoms with E-state index in [1.165, 1.54) is 0 Å². The van der Waals surface area contributed by atoms with Gasteiger partial charge in [0.05, 0.1) is 6.04 Å². The van der Waals surface area contributed by atoms with Crippen LogP contribution in [0, 0.1) is 12.8 Å². The topological polar surface area (TPSA) is 78.5 Å². The maximum absolute atomic E-state index is 13.0. The van der Waals surface area contributed by atoms with Crippen LogP contribution in [0.1, 0.15) is 42.5 Å². The summed E-state index contributed by atoms with van der Waals surface area (Å²) in [4.78, 5) is 39.3. The second kappa shape index (κ2) is 7.76. The molecule has 1 heterocycles. The van der Waals surface area contributed by atoms with Gasteiger partial charge in [-0.3, -0.25) is 14.5 Å². The Hall–Kier alpha value is -2.86. The molecular weight excluding hydrogens is 402 g/mol. The van der Waals surface area contributed by atoms with E-state index < -0.39 is 17.5 Å². The van der Waals surface area contributed by atoms with E-state index in [-0.39, 0.29) is 18.5 Å². The van der Waals surface area contributed by atoms with Gasteiger partial charge in [0.2, 0.25) is 5.91 Å². The zero-order valence-electron chi connectivity index (χ0n) is 16.9. The van der Waals surface area contributed by atoms with Crippen molar-refractivity contribution >= 4 is 29.4 Å². The second-order valence-corrected chi connectivity index (χ2v) is 8.68. The SMILES string of the molecule is Cc1ccc(C(NC(=O)CN2C(=O)NC(C)(c3ccc(Cl)cc3)C2=O)C2CC2)cc1. The molecule has 7 heteroatoms. The number of benzene rings is 2. The number of carbonyl (C=O) groups excluding carboxylic acids is 3. The molecule has 2 aromatic rings. The van der Waals surface area contributed by atoms with Gasteiger partial charge in [-0.05, 0) is 55.9 Å². The number of amides is 4. The highest BCUT2D eigenvalue weighted by Gasteiger charge is 2.49. The zero-order valence-corrected chi connectivity index (χ0v) is 17.7. The summed E-state index contributed by atoms with van der Waals surface area (Å²) in [6, 6.07) is 14.1. The molecule has 0 bridgehead atoms. The highest BCUT2D eigenvalue weighted by molar-refractivity contribution is 6.30. The van der Waals surface area contributed by atoms with Crippen LogP contribution in [0.3, 0.4) is 0 Å². The van der Waals surface area contributed by atoms with Gasteiger partial charge >= 0.3 is 6.03 Å². The number of imide groups is 1. The summed E-state index contributed by atoms with van der Waals surface area (Å²) in [7, 11) is 0. The molecule has 4 rings (SSSR count). The van der Waals surface area contributed by atoms with Crippen LogP contribution >= 0.6 is 11.6 Å². The molecule has 0 spiro atoms. The normalized spacial score (nSPS) is 22.0. The largest absolute Gasteiger partial charge is 0.347 e. The van der Waals surface area contributed by atoms with Crippen molar-refractivity contribution in [2.45, 2.75) is 38.3 Å². The molecule has 156 valence electrons. The third-order valence-corrected chi connectivity index (χ3v) is 6.10. The first-order valence-electron chi connectivity index (χ1n) is 10.0. The van der Waals surface area contributed by atoms with Crippen LogP contribution in [-0.4, -0.2) is 29.3 Å². The molecule has 1 saturated heterocycles. The number of hydrogen-bond acceptors (Lipinski definition) is 3. The number of halogens is 1. The first-order valence-corrected chi connectivity index (χ1v) is 10.4. The van der Waals surface area contributed by atoms with Gasteiger partial charge in [-0.2, -0.15) is 0 Å². The van der Waals surface area contributed by atoms with E-state index in [1.807, 2.05) is 31.2 Å². The number of carbonyl (C=O) groups is 3. The average molecular weight is 426 g/mol. The van der Waals surface area contributed by atoms with Crippen LogP contribution in [0.4, 0.5) is 4.79 Å². The van der Waals surface area contributed by atoms with Crippen LogP contribution in [-0.2, 0) is 15.1 Å². The maximum atomic E-state index is 13.0. The number of aryl methyl sites for hydroxylation is 1. The van der Waals surface area contributed by atoms with Crippen molar-refractivity contribution in [3.8, 4) is 0 Å². The van der Waals surface area contributed by atoms with Crippen LogP contribution < -0.4 is 10.6 Å². The fraction of sp³-hybridized carbons (Fsp3) is 0.348. The van der Waals surface area contributed by atoms with Crippen molar-refractivity contribution < 1.29 is 14.4 Å². The lowest BCUT2D eigenvalue weighted by molar-refractivity contribution is -0.135. The molecule has 6 nitrogen and oxygen atoms in total. The van der Waals surface area contributed by atoms with Crippen molar-refractivity contribution in [1.82, 2.24) is 15.5 Å².